The second-order valence-electron chi connectivity index (χ2n) is 5.25. The van der Waals surface area contributed by atoms with Crippen molar-refractivity contribution >= 4 is 11.8 Å². The number of hydrogen-bond donors (Lipinski definition) is 0. The van der Waals surface area contributed by atoms with Gasteiger partial charge in [-0.25, -0.2) is 4.79 Å². The van der Waals surface area contributed by atoms with E-state index >= 15 is 0 Å². The van der Waals surface area contributed by atoms with Crippen LogP contribution in [-0.4, -0.2) is 18.4 Å². The van der Waals surface area contributed by atoms with Crippen molar-refractivity contribution in [1.29, 1.82) is 0 Å². The zero-order valence-corrected chi connectivity index (χ0v) is 13.0. The highest BCUT2D eigenvalue weighted by atomic mass is 16.5. The molecule has 0 aliphatic carbocycles. The standard InChI is InChI=1S/C19H20O3/c1-3-22-19(21)18-7-5-4-6-17(18)13-16-10-8-15(9-11-16)12-14(2)20/h4-11H,3,12-13H2,1-2H3. The Morgan fingerprint density at radius 2 is 1.59 bits per heavy atom. The third kappa shape index (κ3) is 4.29. The Bertz CT molecular complexity index is 657. The number of ketones is 1. The van der Waals surface area contributed by atoms with E-state index in [1.54, 1.807) is 19.9 Å². The lowest BCUT2D eigenvalue weighted by atomic mass is 9.98. The van der Waals surface area contributed by atoms with Gasteiger partial charge in [-0.15, -0.1) is 0 Å². The van der Waals surface area contributed by atoms with E-state index in [4.69, 9.17) is 4.74 Å². The highest BCUT2D eigenvalue weighted by Crippen LogP contribution is 2.16. The maximum atomic E-state index is 12.0. The van der Waals surface area contributed by atoms with Crippen LogP contribution in [-0.2, 0) is 22.4 Å². The van der Waals surface area contributed by atoms with E-state index in [0.29, 0.717) is 25.0 Å². The second-order valence-corrected chi connectivity index (χ2v) is 5.25. The van der Waals surface area contributed by atoms with Crippen molar-refractivity contribution in [3.05, 3.63) is 70.8 Å². The molecule has 114 valence electrons. The molecule has 3 nitrogen and oxygen atoms in total. The quantitative estimate of drug-likeness (QED) is 0.765. The van der Waals surface area contributed by atoms with Crippen LogP contribution in [0.3, 0.4) is 0 Å². The van der Waals surface area contributed by atoms with Crippen molar-refractivity contribution in [2.45, 2.75) is 26.7 Å². The van der Waals surface area contributed by atoms with Gasteiger partial charge in [0.1, 0.15) is 5.78 Å². The molecule has 0 aliphatic heterocycles. The SMILES string of the molecule is CCOC(=O)c1ccccc1Cc1ccc(CC(C)=O)cc1. The molecular formula is C19H20O3. The highest BCUT2D eigenvalue weighted by Gasteiger charge is 2.12. The number of carbonyl (C=O) groups excluding carboxylic acids is 2. The van der Waals surface area contributed by atoms with Crippen molar-refractivity contribution in [2.24, 2.45) is 0 Å². The monoisotopic (exact) mass is 296 g/mol. The van der Waals surface area contributed by atoms with Crippen molar-refractivity contribution < 1.29 is 14.3 Å². The molecule has 0 spiro atoms. The summed E-state index contributed by atoms with van der Waals surface area (Å²) >= 11 is 0. The first-order valence-corrected chi connectivity index (χ1v) is 7.42. The van der Waals surface area contributed by atoms with Crippen LogP contribution in [0.4, 0.5) is 0 Å². The van der Waals surface area contributed by atoms with E-state index in [9.17, 15) is 9.59 Å². The number of ether oxygens (including phenoxy) is 1. The van der Waals surface area contributed by atoms with Crippen LogP contribution in [0.1, 0.15) is 40.9 Å². The summed E-state index contributed by atoms with van der Waals surface area (Å²) < 4.78 is 5.09. The molecule has 0 amide bonds. The van der Waals surface area contributed by atoms with Crippen molar-refractivity contribution in [3.63, 3.8) is 0 Å². The molecule has 0 heterocycles. The first kappa shape index (κ1) is 16.0. The molecule has 2 aromatic carbocycles. The molecule has 0 N–H and O–H groups in total. The second kappa shape index (κ2) is 7.55. The summed E-state index contributed by atoms with van der Waals surface area (Å²) in [6.07, 6.45) is 1.12. The van der Waals surface area contributed by atoms with Crippen LogP contribution < -0.4 is 0 Å². The number of benzene rings is 2. The Morgan fingerprint density at radius 1 is 0.955 bits per heavy atom. The molecule has 0 fully saturated rings. The number of carbonyl (C=O) groups is 2. The summed E-state index contributed by atoms with van der Waals surface area (Å²) in [6, 6.07) is 15.4. The minimum Gasteiger partial charge on any atom is -0.462 e. The van der Waals surface area contributed by atoms with Crippen LogP contribution in [0.15, 0.2) is 48.5 Å². The Balaban J connectivity index is 2.17. The average Bonchev–Trinajstić information content (AvgIpc) is 2.49. The number of hydrogen-bond acceptors (Lipinski definition) is 3. The summed E-state index contributed by atoms with van der Waals surface area (Å²) in [5, 5.41) is 0. The molecule has 0 atom stereocenters. The van der Waals surface area contributed by atoms with Crippen LogP contribution in [0.2, 0.25) is 0 Å². The van der Waals surface area contributed by atoms with Gasteiger partial charge in [-0.3, -0.25) is 4.79 Å². The fraction of sp³-hybridized carbons (Fsp3) is 0.263. The van der Waals surface area contributed by atoms with Gasteiger partial charge in [0.15, 0.2) is 0 Å². The van der Waals surface area contributed by atoms with E-state index in [-0.39, 0.29) is 11.8 Å². The zero-order chi connectivity index (χ0) is 15.9. The number of Topliss-reactive ketones (excluding diaryl/α,β-unsaturated/α-hetero) is 1. The summed E-state index contributed by atoms with van der Waals surface area (Å²) in [4.78, 5) is 23.1. The Labute approximate surface area is 130 Å². The maximum Gasteiger partial charge on any atom is 0.338 e. The third-order valence-corrected chi connectivity index (χ3v) is 3.38. The summed E-state index contributed by atoms with van der Waals surface area (Å²) in [5.41, 5.74) is 3.66. The number of esters is 1. The summed E-state index contributed by atoms with van der Waals surface area (Å²) in [5.74, 6) is -0.133. The van der Waals surface area contributed by atoms with E-state index in [1.165, 1.54) is 0 Å². The first-order chi connectivity index (χ1) is 10.6. The molecule has 0 saturated carbocycles. The van der Waals surface area contributed by atoms with Crippen molar-refractivity contribution in [1.82, 2.24) is 0 Å². The van der Waals surface area contributed by atoms with Gasteiger partial charge in [-0.05, 0) is 43.0 Å². The maximum absolute atomic E-state index is 12.0. The molecule has 22 heavy (non-hydrogen) atoms. The van der Waals surface area contributed by atoms with Gasteiger partial charge in [0.05, 0.1) is 12.2 Å². The van der Waals surface area contributed by atoms with Crippen LogP contribution in [0.5, 0.6) is 0 Å². The van der Waals surface area contributed by atoms with E-state index < -0.39 is 0 Å². The fourth-order valence-corrected chi connectivity index (χ4v) is 2.36. The van der Waals surface area contributed by atoms with Gasteiger partial charge in [0, 0.05) is 6.42 Å². The van der Waals surface area contributed by atoms with Crippen molar-refractivity contribution in [2.75, 3.05) is 6.61 Å². The lowest BCUT2D eigenvalue weighted by molar-refractivity contribution is -0.116. The summed E-state index contributed by atoms with van der Waals surface area (Å²) in [6.45, 7) is 3.75. The van der Waals surface area contributed by atoms with E-state index in [0.717, 1.165) is 16.7 Å². The smallest absolute Gasteiger partial charge is 0.338 e. The fourth-order valence-electron chi connectivity index (χ4n) is 2.36. The zero-order valence-electron chi connectivity index (χ0n) is 13.0. The minimum absolute atomic E-state index is 0.153. The largest absolute Gasteiger partial charge is 0.462 e. The molecule has 0 aliphatic rings. The highest BCUT2D eigenvalue weighted by molar-refractivity contribution is 5.91. The topological polar surface area (TPSA) is 43.4 Å². The van der Waals surface area contributed by atoms with Gasteiger partial charge >= 0.3 is 5.97 Å². The Hall–Kier alpha value is -2.42. The van der Waals surface area contributed by atoms with E-state index in [2.05, 4.69) is 0 Å². The van der Waals surface area contributed by atoms with Crippen molar-refractivity contribution in [3.8, 4) is 0 Å². The molecule has 0 bridgehead atoms. The van der Waals surface area contributed by atoms with Gasteiger partial charge in [0.25, 0.3) is 0 Å². The normalized spacial score (nSPS) is 10.3. The lowest BCUT2D eigenvalue weighted by Crippen LogP contribution is -2.08. The Morgan fingerprint density at radius 3 is 2.23 bits per heavy atom. The third-order valence-electron chi connectivity index (χ3n) is 3.38. The molecular weight excluding hydrogens is 276 g/mol. The van der Waals surface area contributed by atoms with Gasteiger partial charge in [-0.2, -0.15) is 0 Å². The minimum atomic E-state index is -0.286. The van der Waals surface area contributed by atoms with Gasteiger partial charge in [0.2, 0.25) is 0 Å². The molecule has 0 radical (unpaired) electrons. The average molecular weight is 296 g/mol. The predicted molar refractivity (Wildman–Crippen MR) is 86.0 cm³/mol. The predicted octanol–water partition coefficient (Wildman–Crippen LogP) is 3.59. The van der Waals surface area contributed by atoms with Crippen LogP contribution in [0, 0.1) is 0 Å². The van der Waals surface area contributed by atoms with Crippen LogP contribution in [0.25, 0.3) is 0 Å². The summed E-state index contributed by atoms with van der Waals surface area (Å²) in [7, 11) is 0. The number of rotatable bonds is 6. The molecule has 2 aromatic rings. The first-order valence-electron chi connectivity index (χ1n) is 7.42. The molecule has 2 rings (SSSR count). The Kier molecular flexibility index (Phi) is 5.48. The lowest BCUT2D eigenvalue weighted by Gasteiger charge is -2.09. The molecule has 0 saturated heterocycles. The van der Waals surface area contributed by atoms with Crippen LogP contribution >= 0.6 is 0 Å². The molecule has 3 heteroatoms. The van der Waals surface area contributed by atoms with E-state index in [1.807, 2.05) is 42.5 Å². The molecule has 0 unspecified atom stereocenters. The molecule has 0 aromatic heterocycles. The van der Waals surface area contributed by atoms with Gasteiger partial charge < -0.3 is 4.74 Å². The van der Waals surface area contributed by atoms with Gasteiger partial charge in [-0.1, -0.05) is 42.5 Å².